The third-order valence-corrected chi connectivity index (χ3v) is 5.34. The number of hydrogen-bond donors (Lipinski definition) is 2. The maximum Gasteiger partial charge on any atom is 0.146 e. The summed E-state index contributed by atoms with van der Waals surface area (Å²) in [5.41, 5.74) is 4.78. The fourth-order valence-electron chi connectivity index (χ4n) is 3.67. The van der Waals surface area contributed by atoms with Crippen LogP contribution in [0.5, 0.6) is 0 Å². The second kappa shape index (κ2) is 8.26. The molecule has 3 aromatic heterocycles. The lowest BCUT2D eigenvalue weighted by Crippen LogP contribution is -2.03. The van der Waals surface area contributed by atoms with Gasteiger partial charge in [0.25, 0.3) is 0 Å². The SMILES string of the molecule is CC(C)n1ccc(-c2[nH]c(CNc3ccccc3F)nc2-c2ccc3ncccc3c2)n1. The lowest BCUT2D eigenvalue weighted by molar-refractivity contribution is 0.534. The topological polar surface area (TPSA) is 71.4 Å². The van der Waals surface area contributed by atoms with Crippen LogP contribution < -0.4 is 5.32 Å². The van der Waals surface area contributed by atoms with E-state index in [2.05, 4.69) is 35.2 Å². The first-order chi connectivity index (χ1) is 15.6. The highest BCUT2D eigenvalue weighted by molar-refractivity contribution is 5.86. The number of aromatic nitrogens is 5. The Labute approximate surface area is 185 Å². The van der Waals surface area contributed by atoms with E-state index in [4.69, 9.17) is 10.1 Å². The van der Waals surface area contributed by atoms with Crippen LogP contribution in [0.4, 0.5) is 10.1 Å². The van der Waals surface area contributed by atoms with Crippen LogP contribution in [0.25, 0.3) is 33.5 Å². The molecule has 5 rings (SSSR count). The minimum absolute atomic E-state index is 0.254. The summed E-state index contributed by atoms with van der Waals surface area (Å²) in [6.07, 6.45) is 3.75. The van der Waals surface area contributed by atoms with Crippen molar-refractivity contribution in [2.45, 2.75) is 26.4 Å². The number of aromatic amines is 1. The fourth-order valence-corrected chi connectivity index (χ4v) is 3.67. The van der Waals surface area contributed by atoms with Crippen molar-refractivity contribution in [2.75, 3.05) is 5.32 Å². The Hall–Kier alpha value is -4.00. The van der Waals surface area contributed by atoms with Crippen molar-refractivity contribution in [1.29, 1.82) is 0 Å². The molecule has 2 aromatic carbocycles. The molecule has 0 unspecified atom stereocenters. The number of nitrogens with zero attached hydrogens (tertiary/aromatic N) is 4. The third kappa shape index (κ3) is 3.85. The lowest BCUT2D eigenvalue weighted by atomic mass is 10.1. The zero-order valence-electron chi connectivity index (χ0n) is 17.9. The smallest absolute Gasteiger partial charge is 0.146 e. The summed E-state index contributed by atoms with van der Waals surface area (Å²) >= 11 is 0. The van der Waals surface area contributed by atoms with Crippen molar-refractivity contribution in [2.24, 2.45) is 0 Å². The number of rotatable bonds is 6. The Morgan fingerprint density at radius 2 is 1.94 bits per heavy atom. The van der Waals surface area contributed by atoms with Crippen LogP contribution in [0, 0.1) is 5.82 Å². The summed E-state index contributed by atoms with van der Waals surface area (Å²) in [5.74, 6) is 0.404. The van der Waals surface area contributed by atoms with Crippen molar-refractivity contribution < 1.29 is 4.39 Å². The van der Waals surface area contributed by atoms with E-state index in [1.807, 2.05) is 41.2 Å². The molecule has 5 aromatic rings. The van der Waals surface area contributed by atoms with Crippen LogP contribution in [0.1, 0.15) is 25.7 Å². The molecule has 0 saturated carbocycles. The zero-order chi connectivity index (χ0) is 22.1. The van der Waals surface area contributed by atoms with E-state index < -0.39 is 0 Å². The lowest BCUT2D eigenvalue weighted by Gasteiger charge is -2.05. The molecular weight excluding hydrogens is 403 g/mol. The molecule has 6 nitrogen and oxygen atoms in total. The van der Waals surface area contributed by atoms with Gasteiger partial charge in [-0.25, -0.2) is 9.37 Å². The van der Waals surface area contributed by atoms with E-state index in [1.54, 1.807) is 24.4 Å². The quantitative estimate of drug-likeness (QED) is 0.359. The summed E-state index contributed by atoms with van der Waals surface area (Å²) in [5, 5.41) is 8.89. The van der Waals surface area contributed by atoms with Gasteiger partial charge in [-0.05, 0) is 50.2 Å². The van der Waals surface area contributed by atoms with E-state index in [0.717, 1.165) is 33.5 Å². The van der Waals surface area contributed by atoms with E-state index in [9.17, 15) is 4.39 Å². The predicted molar refractivity (Wildman–Crippen MR) is 125 cm³/mol. The largest absolute Gasteiger partial charge is 0.375 e. The Morgan fingerprint density at radius 3 is 2.75 bits per heavy atom. The van der Waals surface area contributed by atoms with Crippen LogP contribution in [0.3, 0.4) is 0 Å². The summed E-state index contributed by atoms with van der Waals surface area (Å²) in [6, 6.07) is 18.9. The normalized spacial score (nSPS) is 11.4. The minimum Gasteiger partial charge on any atom is -0.375 e. The number of halogens is 1. The van der Waals surface area contributed by atoms with Gasteiger partial charge in [0, 0.05) is 29.4 Å². The molecule has 0 radical (unpaired) electrons. The number of para-hydroxylation sites is 1. The van der Waals surface area contributed by atoms with E-state index in [0.29, 0.717) is 18.1 Å². The Morgan fingerprint density at radius 1 is 1.06 bits per heavy atom. The average molecular weight is 426 g/mol. The number of hydrogen-bond acceptors (Lipinski definition) is 4. The predicted octanol–water partition coefficient (Wildman–Crippen LogP) is 5.82. The summed E-state index contributed by atoms with van der Waals surface area (Å²) in [7, 11) is 0. The van der Waals surface area contributed by atoms with Crippen LogP contribution in [-0.2, 0) is 6.54 Å². The number of nitrogens with one attached hydrogen (secondary N) is 2. The summed E-state index contributed by atoms with van der Waals surface area (Å²) in [6.45, 7) is 4.53. The van der Waals surface area contributed by atoms with Gasteiger partial charge in [-0.2, -0.15) is 5.10 Å². The van der Waals surface area contributed by atoms with Gasteiger partial charge < -0.3 is 10.3 Å². The molecule has 3 heterocycles. The van der Waals surface area contributed by atoms with E-state index >= 15 is 0 Å². The van der Waals surface area contributed by atoms with Crippen LogP contribution in [0.15, 0.2) is 73.1 Å². The first kappa shape index (κ1) is 19.9. The number of benzene rings is 2. The van der Waals surface area contributed by atoms with Crippen molar-refractivity contribution >= 4 is 16.6 Å². The highest BCUT2D eigenvalue weighted by atomic mass is 19.1. The van der Waals surface area contributed by atoms with Crippen molar-refractivity contribution in [3.05, 3.63) is 84.7 Å². The van der Waals surface area contributed by atoms with E-state index in [-0.39, 0.29) is 11.9 Å². The minimum atomic E-state index is -0.294. The first-order valence-corrected chi connectivity index (χ1v) is 10.6. The van der Waals surface area contributed by atoms with Crippen LogP contribution in [-0.4, -0.2) is 24.7 Å². The molecule has 0 aliphatic rings. The van der Waals surface area contributed by atoms with Crippen LogP contribution >= 0.6 is 0 Å². The van der Waals surface area contributed by atoms with Crippen LogP contribution in [0.2, 0.25) is 0 Å². The second-order valence-corrected chi connectivity index (χ2v) is 7.93. The average Bonchev–Trinajstić information content (AvgIpc) is 3.46. The standard InChI is InChI=1S/C25H23FN6/c1-16(2)32-13-11-22(31-32)25-24(18-9-10-20-17(14-18)6-5-12-27-20)29-23(30-25)15-28-21-8-4-3-7-19(21)26/h3-14,16,28H,15H2,1-2H3,(H,29,30). The Balaban J connectivity index is 1.55. The van der Waals surface area contributed by atoms with Gasteiger partial charge in [-0.15, -0.1) is 0 Å². The monoisotopic (exact) mass is 426 g/mol. The van der Waals surface area contributed by atoms with Gasteiger partial charge in [-0.1, -0.05) is 24.3 Å². The molecule has 0 spiro atoms. The van der Waals surface area contributed by atoms with Gasteiger partial charge in [0.05, 0.1) is 29.1 Å². The van der Waals surface area contributed by atoms with Crippen molar-refractivity contribution in [1.82, 2.24) is 24.7 Å². The second-order valence-electron chi connectivity index (χ2n) is 7.93. The molecule has 0 saturated heterocycles. The van der Waals surface area contributed by atoms with Gasteiger partial charge in [0.2, 0.25) is 0 Å². The van der Waals surface area contributed by atoms with Gasteiger partial charge >= 0.3 is 0 Å². The molecule has 0 amide bonds. The third-order valence-electron chi connectivity index (χ3n) is 5.34. The summed E-state index contributed by atoms with van der Waals surface area (Å²) < 4.78 is 15.9. The molecular formula is C25H23FN6. The molecule has 7 heteroatoms. The first-order valence-electron chi connectivity index (χ1n) is 10.6. The zero-order valence-corrected chi connectivity index (χ0v) is 17.9. The number of H-pyrrole nitrogens is 1. The molecule has 32 heavy (non-hydrogen) atoms. The number of imidazole rings is 1. The number of fused-ring (bicyclic) bond motifs is 1. The van der Waals surface area contributed by atoms with Crippen molar-refractivity contribution in [3.8, 4) is 22.6 Å². The van der Waals surface area contributed by atoms with Gasteiger partial charge in [-0.3, -0.25) is 9.67 Å². The molecule has 0 aliphatic carbocycles. The fraction of sp³-hybridized carbons (Fsp3) is 0.160. The summed E-state index contributed by atoms with van der Waals surface area (Å²) in [4.78, 5) is 12.7. The highest BCUT2D eigenvalue weighted by Gasteiger charge is 2.17. The highest BCUT2D eigenvalue weighted by Crippen LogP contribution is 2.31. The molecule has 0 atom stereocenters. The Kier molecular flexibility index (Phi) is 5.15. The maximum atomic E-state index is 14.0. The van der Waals surface area contributed by atoms with Crippen molar-refractivity contribution in [3.63, 3.8) is 0 Å². The van der Waals surface area contributed by atoms with E-state index in [1.165, 1.54) is 6.07 Å². The number of anilines is 1. The van der Waals surface area contributed by atoms with Gasteiger partial charge in [0.15, 0.2) is 0 Å². The molecule has 0 aliphatic heterocycles. The van der Waals surface area contributed by atoms with Gasteiger partial charge in [0.1, 0.15) is 17.3 Å². The Bertz CT molecular complexity index is 1380. The molecule has 0 fully saturated rings. The molecule has 160 valence electrons. The molecule has 2 N–H and O–H groups in total. The number of pyridine rings is 1. The maximum absolute atomic E-state index is 14.0. The molecule has 0 bridgehead atoms.